The van der Waals surface area contributed by atoms with Crippen molar-refractivity contribution >= 4 is 59.6 Å². The monoisotopic (exact) mass is 674 g/mol. The van der Waals surface area contributed by atoms with E-state index in [4.69, 9.17) is 5.11 Å². The van der Waals surface area contributed by atoms with Crippen LogP contribution in [0.1, 0.15) is 86.0 Å². The van der Waals surface area contributed by atoms with Crippen molar-refractivity contribution in [2.45, 2.75) is 79.1 Å². The summed E-state index contributed by atoms with van der Waals surface area (Å²) in [6, 6.07) is 0. The fourth-order valence-electron chi connectivity index (χ4n) is 5.98. The number of nitrogens with one attached hydrogen (secondary N) is 3. The van der Waals surface area contributed by atoms with E-state index in [9.17, 15) is 44.1 Å². The molecule has 14 heteroatoms. The van der Waals surface area contributed by atoms with Crippen LogP contribution in [-0.2, 0) is 41.6 Å². The Bertz CT molecular complexity index is 2030. The molecule has 0 spiro atoms. The second-order valence-corrected chi connectivity index (χ2v) is 12.0. The molecular weight excluding hydrogens is 636 g/mol. The first kappa shape index (κ1) is 36.1. The summed E-state index contributed by atoms with van der Waals surface area (Å²) < 4.78 is 0. The Balaban J connectivity index is 1.86. The van der Waals surface area contributed by atoms with Crippen molar-refractivity contribution in [2.75, 3.05) is 0 Å². The van der Waals surface area contributed by atoms with Crippen LogP contribution in [0.15, 0.2) is 33.0 Å². The van der Waals surface area contributed by atoms with E-state index < -0.39 is 29.8 Å². The third-order valence-corrected chi connectivity index (χ3v) is 8.80. The van der Waals surface area contributed by atoms with Crippen LogP contribution in [0, 0.1) is 13.8 Å². The van der Waals surface area contributed by atoms with Gasteiger partial charge in [-0.3, -0.25) is 28.8 Å². The van der Waals surface area contributed by atoms with E-state index in [1.54, 1.807) is 32.1 Å². The van der Waals surface area contributed by atoms with Crippen LogP contribution in [0.3, 0.4) is 0 Å². The number of H-pyrrole nitrogens is 2. The third-order valence-electron chi connectivity index (χ3n) is 8.80. The predicted molar refractivity (Wildman–Crippen MR) is 178 cm³/mol. The SMILES string of the molecule is CC1=C(CCC(=O)O)C(=O)N=C1C=c1[nH]c(=Cc2[nH]c(C=C3NC(=O)C(C)=C3CCC(=O)O)c(C)c2CCC(=O)O)c(C)c1CCC(=O)O. The first-order chi connectivity index (χ1) is 23.1. The highest BCUT2D eigenvalue weighted by molar-refractivity contribution is 6.30. The lowest BCUT2D eigenvalue weighted by atomic mass is 10.0. The molecule has 2 aliphatic rings. The Morgan fingerprint density at radius 2 is 1.16 bits per heavy atom. The van der Waals surface area contributed by atoms with Gasteiger partial charge in [-0.25, -0.2) is 4.99 Å². The minimum Gasteiger partial charge on any atom is -0.481 e. The molecule has 14 nitrogen and oxygen atoms in total. The number of aromatic nitrogens is 2. The molecule has 0 saturated heterocycles. The predicted octanol–water partition coefficient (Wildman–Crippen LogP) is 2.42. The summed E-state index contributed by atoms with van der Waals surface area (Å²) in [7, 11) is 0. The van der Waals surface area contributed by atoms with Crippen LogP contribution in [0.4, 0.5) is 0 Å². The Morgan fingerprint density at radius 1 is 0.612 bits per heavy atom. The largest absolute Gasteiger partial charge is 0.481 e. The molecule has 0 atom stereocenters. The van der Waals surface area contributed by atoms with E-state index >= 15 is 0 Å². The highest BCUT2D eigenvalue weighted by Crippen LogP contribution is 2.29. The zero-order valence-electron chi connectivity index (χ0n) is 27.6. The minimum atomic E-state index is -1.04. The van der Waals surface area contributed by atoms with Gasteiger partial charge in [0.05, 0.1) is 5.71 Å². The lowest BCUT2D eigenvalue weighted by Crippen LogP contribution is -2.15. The molecule has 0 aromatic carbocycles. The van der Waals surface area contributed by atoms with E-state index in [1.165, 1.54) is 0 Å². The summed E-state index contributed by atoms with van der Waals surface area (Å²) in [6.07, 6.45) is 4.90. The first-order valence-electron chi connectivity index (χ1n) is 15.6. The van der Waals surface area contributed by atoms with Gasteiger partial charge >= 0.3 is 23.9 Å². The van der Waals surface area contributed by atoms with Crippen molar-refractivity contribution in [3.63, 3.8) is 0 Å². The van der Waals surface area contributed by atoms with E-state index in [1.807, 2.05) is 13.8 Å². The van der Waals surface area contributed by atoms with Crippen LogP contribution in [-0.4, -0.2) is 71.8 Å². The number of hydrogen-bond donors (Lipinski definition) is 7. The molecule has 7 N–H and O–H groups in total. The van der Waals surface area contributed by atoms with E-state index in [0.29, 0.717) is 66.9 Å². The zero-order chi connectivity index (χ0) is 36.2. The molecule has 2 aliphatic heterocycles. The molecule has 2 amide bonds. The second-order valence-electron chi connectivity index (χ2n) is 12.0. The molecule has 0 unspecified atom stereocenters. The molecule has 2 aromatic rings. The van der Waals surface area contributed by atoms with Gasteiger partial charge in [-0.1, -0.05) is 0 Å². The maximum absolute atomic E-state index is 12.6. The minimum absolute atomic E-state index is 0.0272. The van der Waals surface area contributed by atoms with Crippen LogP contribution in [0.25, 0.3) is 18.2 Å². The topological polar surface area (TPSA) is 239 Å². The summed E-state index contributed by atoms with van der Waals surface area (Å²) in [4.78, 5) is 81.2. The maximum atomic E-state index is 12.6. The zero-order valence-corrected chi connectivity index (χ0v) is 27.6. The van der Waals surface area contributed by atoms with Crippen LogP contribution >= 0.6 is 0 Å². The standard InChI is InChI=1S/C35H38N4O10/c1-16-21(6-10-31(42)43)28(15-26-18(3)23(35(49)38-26)8-12-33(46)47)36-24(16)13-27-20(5-9-30(40)41)17(2)25(37-27)14-29-22(7-11-32(44)45)19(4)34(48)39-29/h13-15,36-37H,5-12H2,1-4H3,(H,39,48)(H,40,41)(H,42,43)(H,44,45)(H,46,47). The molecule has 0 bridgehead atoms. The number of allylic oxidation sites excluding steroid dienone is 2. The molecule has 0 aliphatic carbocycles. The number of carbonyl (C=O) groups is 6. The highest BCUT2D eigenvalue weighted by Gasteiger charge is 2.26. The van der Waals surface area contributed by atoms with E-state index in [-0.39, 0.29) is 57.3 Å². The second kappa shape index (κ2) is 15.0. The Hall–Kier alpha value is -5.79. The van der Waals surface area contributed by atoms with E-state index in [0.717, 1.165) is 11.1 Å². The molecule has 49 heavy (non-hydrogen) atoms. The molecule has 0 fully saturated rings. The summed E-state index contributed by atoms with van der Waals surface area (Å²) >= 11 is 0. The summed E-state index contributed by atoms with van der Waals surface area (Å²) in [5.41, 5.74) is 6.60. The summed E-state index contributed by atoms with van der Waals surface area (Å²) in [6.45, 7) is 6.93. The van der Waals surface area contributed by atoms with Gasteiger partial charge in [-0.2, -0.15) is 0 Å². The van der Waals surface area contributed by atoms with Gasteiger partial charge in [0.2, 0.25) is 0 Å². The Labute approximate surface area is 280 Å². The first-order valence-corrected chi connectivity index (χ1v) is 15.6. The van der Waals surface area contributed by atoms with Gasteiger partial charge < -0.3 is 35.7 Å². The summed E-state index contributed by atoms with van der Waals surface area (Å²) in [5, 5.41) is 41.1. The number of hydrogen-bond acceptors (Lipinski definition) is 6. The molecular formula is C35H38N4O10. The molecule has 4 rings (SSSR count). The number of rotatable bonds is 15. The molecule has 4 heterocycles. The van der Waals surface area contributed by atoms with Crippen molar-refractivity contribution in [3.8, 4) is 0 Å². The van der Waals surface area contributed by atoms with Crippen LogP contribution in [0.5, 0.6) is 0 Å². The fraction of sp³-hybridized carbons (Fsp3) is 0.343. The summed E-state index contributed by atoms with van der Waals surface area (Å²) in [5.74, 6) is -4.89. The quantitative estimate of drug-likeness (QED) is 0.146. The van der Waals surface area contributed by atoms with Gasteiger partial charge in [0.25, 0.3) is 11.8 Å². The van der Waals surface area contributed by atoms with Crippen molar-refractivity contribution in [1.82, 2.24) is 15.3 Å². The van der Waals surface area contributed by atoms with Gasteiger partial charge in [0, 0.05) is 64.6 Å². The lowest BCUT2D eigenvalue weighted by molar-refractivity contribution is -0.138. The number of carboxylic acid groups (broad SMARTS) is 4. The van der Waals surface area contributed by atoms with E-state index in [2.05, 4.69) is 20.3 Å². The Morgan fingerprint density at radius 3 is 1.76 bits per heavy atom. The molecule has 0 radical (unpaired) electrons. The van der Waals surface area contributed by atoms with Crippen molar-refractivity contribution in [3.05, 3.63) is 72.3 Å². The van der Waals surface area contributed by atoms with Gasteiger partial charge in [-0.15, -0.1) is 0 Å². The van der Waals surface area contributed by atoms with Crippen molar-refractivity contribution in [2.24, 2.45) is 4.99 Å². The Kier molecular flexibility index (Phi) is 11.0. The molecule has 0 saturated carbocycles. The fourth-order valence-corrected chi connectivity index (χ4v) is 5.98. The van der Waals surface area contributed by atoms with Crippen LogP contribution in [0.2, 0.25) is 0 Å². The number of aliphatic carboxylic acids is 4. The van der Waals surface area contributed by atoms with Gasteiger partial charge in [-0.05, 0) is 105 Å². The highest BCUT2D eigenvalue weighted by atomic mass is 16.4. The lowest BCUT2D eigenvalue weighted by Gasteiger charge is -2.05. The number of aliphatic imine (C=N–C) groups is 1. The maximum Gasteiger partial charge on any atom is 0.303 e. The number of aromatic amines is 2. The molecule has 2 aromatic heterocycles. The van der Waals surface area contributed by atoms with Crippen molar-refractivity contribution < 1.29 is 49.2 Å². The van der Waals surface area contributed by atoms with Crippen LogP contribution < -0.4 is 16.0 Å². The number of carboxylic acids is 4. The number of carbonyl (C=O) groups excluding carboxylic acids is 2. The molecule has 258 valence electrons. The van der Waals surface area contributed by atoms with Gasteiger partial charge in [0.15, 0.2) is 0 Å². The number of nitrogens with zero attached hydrogens (tertiary/aromatic N) is 1. The normalized spacial score (nSPS) is 16.3. The third kappa shape index (κ3) is 8.39. The van der Waals surface area contributed by atoms with Crippen molar-refractivity contribution in [1.29, 1.82) is 0 Å². The number of amides is 2. The smallest absolute Gasteiger partial charge is 0.303 e. The van der Waals surface area contributed by atoms with Gasteiger partial charge in [0.1, 0.15) is 0 Å². The average molecular weight is 675 g/mol. The average Bonchev–Trinajstić information content (AvgIpc) is 3.65.